The van der Waals surface area contributed by atoms with Gasteiger partial charge in [0.05, 0.1) is 0 Å². The van der Waals surface area contributed by atoms with Crippen LogP contribution in [0.15, 0.2) is 36.0 Å². The van der Waals surface area contributed by atoms with Crippen LogP contribution in [0.25, 0.3) is 0 Å². The van der Waals surface area contributed by atoms with Crippen LogP contribution in [0.5, 0.6) is 11.5 Å². The molecule has 0 saturated heterocycles. The number of hydrogen-bond acceptors (Lipinski definition) is 6. The molecular formula is C16H20N4O3. The average Bonchev–Trinajstić information content (AvgIpc) is 3.08. The van der Waals surface area contributed by atoms with Gasteiger partial charge in [-0.25, -0.2) is 4.98 Å². The summed E-state index contributed by atoms with van der Waals surface area (Å²) in [5.41, 5.74) is 0.815. The van der Waals surface area contributed by atoms with E-state index in [0.29, 0.717) is 18.2 Å². The van der Waals surface area contributed by atoms with Gasteiger partial charge in [-0.05, 0) is 38.5 Å². The van der Waals surface area contributed by atoms with Gasteiger partial charge in [0.15, 0.2) is 11.5 Å². The Kier molecular flexibility index (Phi) is 4.45. The molecule has 0 bridgehead atoms. The molecule has 2 heterocycles. The summed E-state index contributed by atoms with van der Waals surface area (Å²) in [6.07, 6.45) is 3.96. The number of fused-ring (bicyclic) bond motifs is 1. The highest BCUT2D eigenvalue weighted by Crippen LogP contribution is 2.33. The summed E-state index contributed by atoms with van der Waals surface area (Å²) in [4.78, 5) is 9.36. The lowest BCUT2D eigenvalue weighted by molar-refractivity contribution is 0.0848. The van der Waals surface area contributed by atoms with Crippen molar-refractivity contribution in [1.29, 1.82) is 0 Å². The summed E-state index contributed by atoms with van der Waals surface area (Å²) in [5, 5.41) is 8.34. The summed E-state index contributed by atoms with van der Waals surface area (Å²) in [5.74, 6) is 1.99. The largest absolute Gasteiger partial charge is 0.486 e. The van der Waals surface area contributed by atoms with Crippen molar-refractivity contribution in [3.05, 3.63) is 36.4 Å². The lowest BCUT2D eigenvalue weighted by Crippen LogP contribution is -2.28. The molecule has 0 spiro atoms. The highest BCUT2D eigenvalue weighted by molar-refractivity contribution is 5.99. The molecule has 23 heavy (non-hydrogen) atoms. The summed E-state index contributed by atoms with van der Waals surface area (Å²) >= 11 is 0. The topological polar surface area (TPSA) is 70.8 Å². The lowest BCUT2D eigenvalue weighted by atomic mass is 10.1. The van der Waals surface area contributed by atoms with Gasteiger partial charge in [0.2, 0.25) is 5.84 Å². The second-order valence-electron chi connectivity index (χ2n) is 5.53. The fraction of sp³-hybridized carbons (Fsp3) is 0.438. The van der Waals surface area contributed by atoms with E-state index < -0.39 is 0 Å². The van der Waals surface area contributed by atoms with E-state index >= 15 is 0 Å². The smallest absolute Gasteiger partial charge is 0.201 e. The van der Waals surface area contributed by atoms with E-state index in [4.69, 9.17) is 14.3 Å². The van der Waals surface area contributed by atoms with Crippen molar-refractivity contribution in [1.82, 2.24) is 14.8 Å². The zero-order chi connectivity index (χ0) is 16.2. The minimum absolute atomic E-state index is 0.0322. The summed E-state index contributed by atoms with van der Waals surface area (Å²) in [7, 11) is 0. The molecule has 0 N–H and O–H groups in total. The van der Waals surface area contributed by atoms with Crippen LogP contribution in [0, 0.1) is 0 Å². The minimum Gasteiger partial charge on any atom is -0.486 e. The zero-order valence-corrected chi connectivity index (χ0v) is 13.5. The van der Waals surface area contributed by atoms with E-state index in [1.54, 1.807) is 11.0 Å². The van der Waals surface area contributed by atoms with Gasteiger partial charge in [-0.1, -0.05) is 12.1 Å². The molecule has 1 aliphatic rings. The third-order valence-corrected chi connectivity index (χ3v) is 3.36. The Bertz CT molecular complexity index is 683. The summed E-state index contributed by atoms with van der Waals surface area (Å²) in [6, 6.07) is 5.67. The van der Waals surface area contributed by atoms with Crippen molar-refractivity contribution in [3.8, 4) is 11.5 Å². The first-order valence-corrected chi connectivity index (χ1v) is 7.70. The molecule has 0 fully saturated rings. The van der Waals surface area contributed by atoms with Gasteiger partial charge in [-0.3, -0.25) is 0 Å². The van der Waals surface area contributed by atoms with Crippen LogP contribution in [0.3, 0.4) is 0 Å². The Hall–Kier alpha value is -2.57. The third-order valence-electron chi connectivity index (χ3n) is 3.36. The highest BCUT2D eigenvalue weighted by atomic mass is 16.6. The Morgan fingerprint density at radius 1 is 1.43 bits per heavy atom. The van der Waals surface area contributed by atoms with Gasteiger partial charge in [0.25, 0.3) is 0 Å². The van der Waals surface area contributed by atoms with E-state index in [1.807, 2.05) is 32.0 Å². The second kappa shape index (κ2) is 6.68. The molecule has 1 aliphatic heterocycles. The Balaban J connectivity index is 1.95. The predicted molar refractivity (Wildman–Crippen MR) is 84.8 cm³/mol. The van der Waals surface area contributed by atoms with Crippen LogP contribution in [0.4, 0.5) is 0 Å². The number of aromatic nitrogens is 3. The molecule has 0 radical (unpaired) electrons. The van der Waals surface area contributed by atoms with E-state index in [2.05, 4.69) is 22.2 Å². The maximum Gasteiger partial charge on any atom is 0.201 e. The monoisotopic (exact) mass is 316 g/mol. The Morgan fingerprint density at radius 3 is 3.00 bits per heavy atom. The highest BCUT2D eigenvalue weighted by Gasteiger charge is 2.21. The lowest BCUT2D eigenvalue weighted by Gasteiger charge is -2.26. The number of hydrogen-bond donors (Lipinski definition) is 0. The van der Waals surface area contributed by atoms with Crippen molar-refractivity contribution < 1.29 is 14.3 Å². The molecule has 1 atom stereocenters. The molecule has 1 unspecified atom stereocenters. The van der Waals surface area contributed by atoms with Crippen LogP contribution in [0.2, 0.25) is 0 Å². The van der Waals surface area contributed by atoms with Gasteiger partial charge in [-0.15, -0.1) is 0 Å². The second-order valence-corrected chi connectivity index (χ2v) is 5.53. The number of ether oxygens (including phenoxy) is 2. The molecule has 122 valence electrons. The molecule has 0 saturated carbocycles. The molecule has 0 aliphatic carbocycles. The first kappa shape index (κ1) is 15.3. The van der Waals surface area contributed by atoms with Crippen molar-refractivity contribution >= 4 is 5.84 Å². The predicted octanol–water partition coefficient (Wildman–Crippen LogP) is 2.46. The maximum atomic E-state index is 5.95. The van der Waals surface area contributed by atoms with Gasteiger partial charge >= 0.3 is 0 Å². The normalized spacial score (nSPS) is 17.4. The molecule has 7 heteroatoms. The maximum absolute atomic E-state index is 5.95. The zero-order valence-electron chi connectivity index (χ0n) is 13.5. The molecule has 1 aromatic heterocycles. The average molecular weight is 316 g/mol. The van der Waals surface area contributed by atoms with Crippen molar-refractivity contribution in [2.75, 3.05) is 6.61 Å². The number of nitrogens with zero attached hydrogens (tertiary/aromatic N) is 4. The van der Waals surface area contributed by atoms with Crippen molar-refractivity contribution in [2.24, 2.45) is 5.16 Å². The van der Waals surface area contributed by atoms with Crippen molar-refractivity contribution in [2.45, 2.75) is 39.4 Å². The Morgan fingerprint density at radius 2 is 2.30 bits per heavy atom. The fourth-order valence-corrected chi connectivity index (χ4v) is 2.16. The van der Waals surface area contributed by atoms with Crippen LogP contribution in [-0.2, 0) is 4.84 Å². The van der Waals surface area contributed by atoms with Crippen LogP contribution in [0.1, 0.15) is 32.8 Å². The van der Waals surface area contributed by atoms with Crippen LogP contribution >= 0.6 is 0 Å². The fourth-order valence-electron chi connectivity index (χ4n) is 2.16. The first-order valence-electron chi connectivity index (χ1n) is 7.70. The number of rotatable bonds is 4. The van der Waals surface area contributed by atoms with Gasteiger partial charge in [-0.2, -0.15) is 9.78 Å². The SMILES string of the molecule is CCC1COc2ccc(/C(=N/OC(C)C)n3cncn3)cc2O1. The van der Waals surface area contributed by atoms with Gasteiger partial charge in [0, 0.05) is 5.56 Å². The molecule has 1 aromatic carbocycles. The summed E-state index contributed by atoms with van der Waals surface area (Å²) in [6.45, 7) is 6.47. The molecule has 0 amide bonds. The molecule has 2 aromatic rings. The van der Waals surface area contributed by atoms with Crippen molar-refractivity contribution in [3.63, 3.8) is 0 Å². The molecular weight excluding hydrogens is 296 g/mol. The number of benzene rings is 1. The van der Waals surface area contributed by atoms with Crippen LogP contribution < -0.4 is 9.47 Å². The van der Waals surface area contributed by atoms with E-state index in [0.717, 1.165) is 17.7 Å². The molecule has 3 rings (SSSR count). The standard InChI is InChI=1S/C16H20N4O3/c1-4-13-8-21-14-6-5-12(7-15(14)22-13)16(19-23-11(2)3)20-10-17-9-18-20/h5-7,9-11,13H,4,8H2,1-3H3/b19-16-. The number of oxime groups is 1. The van der Waals surface area contributed by atoms with E-state index in [-0.39, 0.29) is 12.2 Å². The van der Waals surface area contributed by atoms with Gasteiger partial charge in [0.1, 0.15) is 31.5 Å². The third kappa shape index (κ3) is 3.44. The van der Waals surface area contributed by atoms with E-state index in [1.165, 1.54) is 6.33 Å². The first-order chi connectivity index (χ1) is 11.2. The van der Waals surface area contributed by atoms with Crippen LogP contribution in [-0.4, -0.2) is 39.4 Å². The Labute approximate surface area is 134 Å². The molecule has 7 nitrogen and oxygen atoms in total. The quantitative estimate of drug-likeness (QED) is 0.492. The van der Waals surface area contributed by atoms with E-state index in [9.17, 15) is 0 Å². The van der Waals surface area contributed by atoms with Gasteiger partial charge < -0.3 is 14.3 Å². The summed E-state index contributed by atoms with van der Waals surface area (Å²) < 4.78 is 13.2. The minimum atomic E-state index is -0.0322.